The average Bonchev–Trinajstić information content (AvgIpc) is 2.83. The number of aryl methyl sites for hydroxylation is 1. The van der Waals surface area contributed by atoms with Crippen molar-refractivity contribution in [2.75, 3.05) is 6.54 Å². The number of carbonyl (C=O) groups excluding carboxylic acids is 1. The van der Waals surface area contributed by atoms with Gasteiger partial charge in [-0.1, -0.05) is 12.5 Å². The molecule has 1 aromatic carbocycles. The molecule has 1 fully saturated rings. The van der Waals surface area contributed by atoms with E-state index in [1.54, 1.807) is 0 Å². The van der Waals surface area contributed by atoms with Crippen molar-refractivity contribution < 1.29 is 18.7 Å². The summed E-state index contributed by atoms with van der Waals surface area (Å²) in [7, 11) is 1.54. The number of hydrogen-bond donors (Lipinski definition) is 2. The zero-order chi connectivity index (χ0) is 17.3. The van der Waals surface area contributed by atoms with E-state index in [4.69, 9.17) is 0 Å². The van der Waals surface area contributed by atoms with E-state index >= 15 is 0 Å². The maximum absolute atomic E-state index is 13.9. The van der Waals surface area contributed by atoms with Gasteiger partial charge in [-0.15, -0.1) is 0 Å². The second-order valence-electron chi connectivity index (χ2n) is 6.46. The van der Waals surface area contributed by atoms with Crippen molar-refractivity contribution in [3.63, 3.8) is 0 Å². The van der Waals surface area contributed by atoms with Gasteiger partial charge < -0.3 is 10.4 Å². The molecule has 3 rings (SSSR count). The Morgan fingerprint density at radius 2 is 2.12 bits per heavy atom. The normalized spacial score (nSPS) is 15.8. The maximum Gasteiger partial charge on any atom is 0.271 e. The van der Waals surface area contributed by atoms with E-state index in [2.05, 4.69) is 10.4 Å². The number of benzene rings is 1. The van der Waals surface area contributed by atoms with Crippen LogP contribution in [0.1, 0.15) is 35.3 Å². The minimum absolute atomic E-state index is 0.0908. The summed E-state index contributed by atoms with van der Waals surface area (Å²) in [5.74, 6) is -1.62. The third-order valence-electron chi connectivity index (χ3n) is 4.71. The van der Waals surface area contributed by atoms with E-state index in [0.717, 1.165) is 25.3 Å². The second-order valence-corrected chi connectivity index (χ2v) is 6.46. The summed E-state index contributed by atoms with van der Waals surface area (Å²) in [6.07, 6.45) is 3.21. The van der Waals surface area contributed by atoms with Crippen molar-refractivity contribution >= 4 is 5.91 Å². The number of aromatic hydroxyl groups is 1. The molecular weight excluding hydrogens is 316 g/mol. The average molecular weight is 335 g/mol. The highest BCUT2D eigenvalue weighted by molar-refractivity contribution is 5.92. The second kappa shape index (κ2) is 6.22. The number of hydrogen-bond acceptors (Lipinski definition) is 3. The molecule has 1 aliphatic carbocycles. The fourth-order valence-electron chi connectivity index (χ4n) is 3.09. The molecule has 1 amide bonds. The lowest BCUT2D eigenvalue weighted by molar-refractivity contribution is 0.0852. The van der Waals surface area contributed by atoms with Gasteiger partial charge in [0, 0.05) is 25.7 Å². The Kier molecular flexibility index (Phi) is 4.26. The Morgan fingerprint density at radius 3 is 2.67 bits per heavy atom. The molecule has 0 radical (unpaired) electrons. The van der Waals surface area contributed by atoms with Crippen LogP contribution in [0.5, 0.6) is 5.88 Å². The van der Waals surface area contributed by atoms with Gasteiger partial charge in [-0.05, 0) is 36.3 Å². The predicted molar refractivity (Wildman–Crippen MR) is 83.6 cm³/mol. The van der Waals surface area contributed by atoms with E-state index in [9.17, 15) is 18.7 Å². The van der Waals surface area contributed by atoms with Crippen LogP contribution in [-0.2, 0) is 13.5 Å². The van der Waals surface area contributed by atoms with Crippen molar-refractivity contribution in [2.24, 2.45) is 12.5 Å². The van der Waals surface area contributed by atoms with E-state index in [1.165, 1.54) is 29.9 Å². The maximum atomic E-state index is 13.9. The summed E-state index contributed by atoms with van der Waals surface area (Å²) < 4.78 is 28.1. The largest absolute Gasteiger partial charge is 0.493 e. The Bertz CT molecular complexity index is 750. The fraction of sp³-hybridized carbons (Fsp3) is 0.412. The highest BCUT2D eigenvalue weighted by Crippen LogP contribution is 2.43. The minimum Gasteiger partial charge on any atom is -0.493 e. The Labute approximate surface area is 138 Å². The molecule has 0 spiro atoms. The molecule has 0 saturated heterocycles. The Morgan fingerprint density at radius 1 is 1.38 bits per heavy atom. The van der Waals surface area contributed by atoms with Crippen LogP contribution >= 0.6 is 0 Å². The number of rotatable bonds is 5. The number of halogens is 2. The molecule has 128 valence electrons. The van der Waals surface area contributed by atoms with Crippen LogP contribution in [0.25, 0.3) is 0 Å². The van der Waals surface area contributed by atoms with Gasteiger partial charge in [-0.2, -0.15) is 5.10 Å². The summed E-state index contributed by atoms with van der Waals surface area (Å²) in [6.45, 7) is 0.389. The summed E-state index contributed by atoms with van der Waals surface area (Å²) in [5.41, 5.74) is 0.379. The zero-order valence-corrected chi connectivity index (χ0v) is 13.4. The summed E-state index contributed by atoms with van der Waals surface area (Å²) in [5, 5.41) is 16.2. The SMILES string of the molecule is Cn1nc(C(=O)NCC2(Cc3ccc(F)cc3F)CCC2)cc1O. The van der Waals surface area contributed by atoms with E-state index in [-0.39, 0.29) is 22.9 Å². The Hall–Kier alpha value is -2.44. The summed E-state index contributed by atoms with van der Waals surface area (Å²) >= 11 is 0. The fourth-order valence-corrected chi connectivity index (χ4v) is 3.09. The highest BCUT2D eigenvalue weighted by Gasteiger charge is 2.38. The van der Waals surface area contributed by atoms with Gasteiger partial charge in [-0.3, -0.25) is 4.79 Å². The molecular formula is C17H19F2N3O2. The quantitative estimate of drug-likeness (QED) is 0.882. The zero-order valence-electron chi connectivity index (χ0n) is 13.4. The van der Waals surface area contributed by atoms with Gasteiger partial charge in [0.15, 0.2) is 5.69 Å². The van der Waals surface area contributed by atoms with Crippen LogP contribution in [0.4, 0.5) is 8.78 Å². The van der Waals surface area contributed by atoms with Gasteiger partial charge in [0.2, 0.25) is 5.88 Å². The van der Waals surface area contributed by atoms with Crippen LogP contribution in [0.3, 0.4) is 0 Å². The molecule has 2 N–H and O–H groups in total. The molecule has 0 bridgehead atoms. The number of carbonyl (C=O) groups is 1. The molecule has 2 aromatic rings. The van der Waals surface area contributed by atoms with Gasteiger partial charge in [0.1, 0.15) is 11.6 Å². The lowest BCUT2D eigenvalue weighted by Gasteiger charge is -2.42. The summed E-state index contributed by atoms with van der Waals surface area (Å²) in [4.78, 5) is 12.1. The van der Waals surface area contributed by atoms with Crippen LogP contribution in [0.2, 0.25) is 0 Å². The minimum atomic E-state index is -0.595. The monoisotopic (exact) mass is 335 g/mol. The summed E-state index contributed by atoms with van der Waals surface area (Å²) in [6, 6.07) is 4.89. The van der Waals surface area contributed by atoms with E-state index in [1.807, 2.05) is 0 Å². The van der Waals surface area contributed by atoms with E-state index in [0.29, 0.717) is 18.5 Å². The van der Waals surface area contributed by atoms with Crippen molar-refractivity contribution in [3.8, 4) is 5.88 Å². The molecule has 1 saturated carbocycles. The molecule has 1 aromatic heterocycles. The van der Waals surface area contributed by atoms with Crippen LogP contribution in [0.15, 0.2) is 24.3 Å². The van der Waals surface area contributed by atoms with Crippen LogP contribution < -0.4 is 5.32 Å². The topological polar surface area (TPSA) is 67.2 Å². The third kappa shape index (κ3) is 3.25. The number of nitrogens with one attached hydrogen (secondary N) is 1. The molecule has 7 heteroatoms. The van der Waals surface area contributed by atoms with Gasteiger partial charge in [-0.25, -0.2) is 13.5 Å². The smallest absolute Gasteiger partial charge is 0.271 e. The molecule has 0 unspecified atom stereocenters. The lowest BCUT2D eigenvalue weighted by atomic mass is 9.65. The lowest BCUT2D eigenvalue weighted by Crippen LogP contribution is -2.44. The van der Waals surface area contributed by atoms with Crippen LogP contribution in [0, 0.1) is 17.0 Å². The molecule has 24 heavy (non-hydrogen) atoms. The first-order valence-electron chi connectivity index (χ1n) is 7.84. The first-order valence-corrected chi connectivity index (χ1v) is 7.84. The Balaban J connectivity index is 1.66. The van der Waals surface area contributed by atoms with Crippen molar-refractivity contribution in [3.05, 3.63) is 47.2 Å². The van der Waals surface area contributed by atoms with Crippen molar-refractivity contribution in [1.29, 1.82) is 0 Å². The van der Waals surface area contributed by atoms with Crippen molar-refractivity contribution in [2.45, 2.75) is 25.7 Å². The number of nitrogens with zero attached hydrogens (tertiary/aromatic N) is 2. The van der Waals surface area contributed by atoms with Crippen molar-refractivity contribution in [1.82, 2.24) is 15.1 Å². The molecule has 0 atom stereocenters. The first kappa shape index (κ1) is 16.4. The number of aromatic nitrogens is 2. The molecule has 1 aliphatic rings. The standard InChI is InChI=1S/C17H19F2N3O2/c1-22-15(23)8-14(21-22)16(24)20-10-17(5-2-6-17)9-11-3-4-12(18)7-13(11)19/h3-4,7-8,23H,2,5-6,9-10H2,1H3,(H,20,24). The van der Waals surface area contributed by atoms with Gasteiger partial charge in [0.25, 0.3) is 5.91 Å². The van der Waals surface area contributed by atoms with E-state index < -0.39 is 11.6 Å². The van der Waals surface area contributed by atoms with Crippen LogP contribution in [-0.4, -0.2) is 27.3 Å². The van der Waals surface area contributed by atoms with Gasteiger partial charge in [0.05, 0.1) is 0 Å². The molecule has 1 heterocycles. The molecule has 5 nitrogen and oxygen atoms in total. The molecule has 0 aliphatic heterocycles. The first-order chi connectivity index (χ1) is 11.4. The highest BCUT2D eigenvalue weighted by atomic mass is 19.1. The third-order valence-corrected chi connectivity index (χ3v) is 4.71. The van der Waals surface area contributed by atoms with Gasteiger partial charge >= 0.3 is 0 Å². The predicted octanol–water partition coefficient (Wildman–Crippen LogP) is 2.55. The number of amides is 1.